The zero-order chi connectivity index (χ0) is 19.8. The van der Waals surface area contributed by atoms with Gasteiger partial charge in [-0.25, -0.2) is 0 Å². The molecule has 0 aromatic carbocycles. The van der Waals surface area contributed by atoms with Gasteiger partial charge in [-0.05, 0) is 93.8 Å². The molecule has 10 atom stereocenters. The molecule has 0 spiro atoms. The van der Waals surface area contributed by atoms with Gasteiger partial charge in [-0.1, -0.05) is 13.8 Å². The highest BCUT2D eigenvalue weighted by Gasteiger charge is 2.68. The zero-order valence-corrected chi connectivity index (χ0v) is 18.0. The Bertz CT molecular complexity index is 592. The predicted molar refractivity (Wildman–Crippen MR) is 107 cm³/mol. The summed E-state index contributed by atoms with van der Waals surface area (Å²) in [6.07, 6.45) is 8.10. The third-order valence-corrected chi connectivity index (χ3v) is 10.1. The van der Waals surface area contributed by atoms with E-state index < -0.39 is 5.60 Å². The van der Waals surface area contributed by atoms with Crippen molar-refractivity contribution in [1.82, 2.24) is 0 Å². The molecule has 4 aliphatic rings. The monoisotopic (exact) mass is 379 g/mol. The minimum absolute atomic E-state index is 0.0590. The van der Waals surface area contributed by atoms with Crippen LogP contribution in [0, 0.1) is 34.5 Å². The summed E-state index contributed by atoms with van der Waals surface area (Å²) in [4.78, 5) is 0. The SMILES string of the molecule is CO[C@@H]1C[C@@H]2[C@](C)(CC[C@@H]3[C@@]4(C)CC[C@@](C)(O)C[C@@H]4CC[C@]32N)[C@H]1C(C)O. The zero-order valence-electron chi connectivity index (χ0n) is 18.0. The number of aliphatic hydroxyl groups excluding tert-OH is 1. The van der Waals surface area contributed by atoms with Crippen LogP contribution in [-0.2, 0) is 4.74 Å². The topological polar surface area (TPSA) is 75.7 Å². The Kier molecular flexibility index (Phi) is 4.60. The summed E-state index contributed by atoms with van der Waals surface area (Å²) < 4.78 is 5.88. The third kappa shape index (κ3) is 2.69. The highest BCUT2D eigenvalue weighted by Crippen LogP contribution is 2.69. The Morgan fingerprint density at radius 2 is 1.70 bits per heavy atom. The summed E-state index contributed by atoms with van der Waals surface area (Å²) in [5.41, 5.74) is 7.00. The summed E-state index contributed by atoms with van der Waals surface area (Å²) in [6.45, 7) is 8.79. The van der Waals surface area contributed by atoms with E-state index in [1.807, 2.05) is 13.8 Å². The first-order valence-electron chi connectivity index (χ1n) is 11.2. The first-order chi connectivity index (χ1) is 12.5. The van der Waals surface area contributed by atoms with Crippen molar-refractivity contribution in [3.8, 4) is 0 Å². The maximum absolute atomic E-state index is 10.7. The van der Waals surface area contributed by atoms with Crippen LogP contribution in [0.4, 0.5) is 0 Å². The number of methoxy groups -OCH3 is 1. The summed E-state index contributed by atoms with van der Waals surface area (Å²) >= 11 is 0. The largest absolute Gasteiger partial charge is 0.393 e. The van der Waals surface area contributed by atoms with Gasteiger partial charge in [0.15, 0.2) is 0 Å². The summed E-state index contributed by atoms with van der Waals surface area (Å²) in [5.74, 6) is 1.68. The maximum Gasteiger partial charge on any atom is 0.0632 e. The van der Waals surface area contributed by atoms with E-state index in [4.69, 9.17) is 10.5 Å². The minimum Gasteiger partial charge on any atom is -0.393 e. The number of nitrogens with two attached hydrogens (primary N) is 1. The summed E-state index contributed by atoms with van der Waals surface area (Å²) in [7, 11) is 1.79. The smallest absolute Gasteiger partial charge is 0.0632 e. The molecule has 0 aromatic rings. The fourth-order valence-electron chi connectivity index (χ4n) is 8.77. The van der Waals surface area contributed by atoms with Crippen LogP contribution in [0.15, 0.2) is 0 Å². The molecule has 0 saturated heterocycles. The number of hydrogen-bond donors (Lipinski definition) is 3. The van der Waals surface area contributed by atoms with E-state index in [9.17, 15) is 10.2 Å². The minimum atomic E-state index is -0.506. The molecule has 4 aliphatic carbocycles. The molecule has 4 rings (SSSR count). The summed E-state index contributed by atoms with van der Waals surface area (Å²) in [6, 6.07) is 0. The van der Waals surface area contributed by atoms with Crippen molar-refractivity contribution in [3.63, 3.8) is 0 Å². The van der Waals surface area contributed by atoms with Gasteiger partial charge >= 0.3 is 0 Å². The lowest BCUT2D eigenvalue weighted by molar-refractivity contribution is -0.160. The van der Waals surface area contributed by atoms with Crippen molar-refractivity contribution in [2.75, 3.05) is 7.11 Å². The van der Waals surface area contributed by atoms with Gasteiger partial charge in [0.1, 0.15) is 0 Å². The maximum atomic E-state index is 10.7. The van der Waals surface area contributed by atoms with E-state index in [2.05, 4.69) is 13.8 Å². The van der Waals surface area contributed by atoms with Gasteiger partial charge < -0.3 is 20.7 Å². The molecular weight excluding hydrogens is 338 g/mol. The highest BCUT2D eigenvalue weighted by molar-refractivity contribution is 5.20. The van der Waals surface area contributed by atoms with Crippen molar-refractivity contribution in [2.24, 2.45) is 40.2 Å². The molecule has 156 valence electrons. The molecule has 0 heterocycles. The molecule has 0 radical (unpaired) electrons. The molecule has 4 nitrogen and oxygen atoms in total. The standard InChI is InChI=1S/C23H41NO3/c1-14(25)19-16(27-5)12-18-22(19,4)8-7-17-21(3)11-10-20(2,26)13-15(21)6-9-23(17,18)24/h14-19,25-26H,6-13,24H2,1-5H3/t14?,15-,16+,17+,18+,19-,20+,21-,22-,23-/m0/s1. The van der Waals surface area contributed by atoms with E-state index in [0.717, 1.165) is 51.4 Å². The second kappa shape index (κ2) is 6.17. The molecule has 0 bridgehead atoms. The Hall–Kier alpha value is -0.160. The second-order valence-electron chi connectivity index (χ2n) is 11.5. The average molecular weight is 380 g/mol. The number of rotatable bonds is 2. The van der Waals surface area contributed by atoms with Gasteiger partial charge in [-0.2, -0.15) is 0 Å². The lowest BCUT2D eigenvalue weighted by Crippen LogP contribution is -2.68. The number of fused-ring (bicyclic) bond motifs is 5. The average Bonchev–Trinajstić information content (AvgIpc) is 2.89. The van der Waals surface area contributed by atoms with Gasteiger partial charge in [0.25, 0.3) is 0 Å². The van der Waals surface area contributed by atoms with Gasteiger partial charge in [-0.15, -0.1) is 0 Å². The van der Waals surface area contributed by atoms with Crippen LogP contribution in [0.5, 0.6) is 0 Å². The van der Waals surface area contributed by atoms with E-state index in [1.54, 1.807) is 7.11 Å². The molecule has 0 amide bonds. The Morgan fingerprint density at radius 1 is 1.00 bits per heavy atom. The second-order valence-corrected chi connectivity index (χ2v) is 11.5. The summed E-state index contributed by atoms with van der Waals surface area (Å²) in [5, 5.41) is 21.3. The van der Waals surface area contributed by atoms with Crippen LogP contribution in [0.25, 0.3) is 0 Å². The molecule has 4 fully saturated rings. The van der Waals surface area contributed by atoms with Gasteiger partial charge in [0.05, 0.1) is 17.8 Å². The van der Waals surface area contributed by atoms with Gasteiger partial charge in [0, 0.05) is 18.6 Å². The molecule has 4 saturated carbocycles. The van der Waals surface area contributed by atoms with Crippen LogP contribution in [0.3, 0.4) is 0 Å². The molecular formula is C23H41NO3. The molecule has 27 heavy (non-hydrogen) atoms. The van der Waals surface area contributed by atoms with Crippen LogP contribution < -0.4 is 5.73 Å². The lowest BCUT2D eigenvalue weighted by Gasteiger charge is -2.66. The fourth-order valence-corrected chi connectivity index (χ4v) is 8.77. The number of ether oxygens (including phenoxy) is 1. The Labute approximate surface area is 165 Å². The van der Waals surface area contributed by atoms with Crippen LogP contribution in [-0.4, -0.2) is 40.7 Å². The van der Waals surface area contributed by atoms with E-state index in [-0.39, 0.29) is 34.5 Å². The first-order valence-corrected chi connectivity index (χ1v) is 11.2. The quantitative estimate of drug-likeness (QED) is 0.686. The van der Waals surface area contributed by atoms with Gasteiger partial charge in [0.2, 0.25) is 0 Å². The Morgan fingerprint density at radius 3 is 2.33 bits per heavy atom. The normalized spacial score (nSPS) is 58.9. The number of hydrogen-bond acceptors (Lipinski definition) is 4. The molecule has 4 N–H and O–H groups in total. The lowest BCUT2D eigenvalue weighted by atomic mass is 9.41. The molecule has 4 heteroatoms. The molecule has 1 unspecified atom stereocenters. The van der Waals surface area contributed by atoms with Crippen LogP contribution in [0.1, 0.15) is 79.1 Å². The predicted octanol–water partition coefficient (Wildman–Crippen LogP) is 3.48. The van der Waals surface area contributed by atoms with Crippen molar-refractivity contribution < 1.29 is 14.9 Å². The Balaban J connectivity index is 1.69. The van der Waals surface area contributed by atoms with Crippen molar-refractivity contribution in [3.05, 3.63) is 0 Å². The third-order valence-electron chi connectivity index (χ3n) is 10.1. The highest BCUT2D eigenvalue weighted by atomic mass is 16.5. The molecule has 0 aromatic heterocycles. The van der Waals surface area contributed by atoms with E-state index in [0.29, 0.717) is 17.8 Å². The van der Waals surface area contributed by atoms with Crippen LogP contribution in [0.2, 0.25) is 0 Å². The number of aliphatic hydroxyl groups is 2. The van der Waals surface area contributed by atoms with Crippen LogP contribution >= 0.6 is 0 Å². The molecule has 0 aliphatic heterocycles. The first kappa shape index (κ1) is 20.1. The van der Waals surface area contributed by atoms with E-state index >= 15 is 0 Å². The fraction of sp³-hybridized carbons (Fsp3) is 1.00. The van der Waals surface area contributed by atoms with Crippen molar-refractivity contribution >= 4 is 0 Å². The van der Waals surface area contributed by atoms with E-state index in [1.165, 1.54) is 0 Å². The van der Waals surface area contributed by atoms with Crippen molar-refractivity contribution in [2.45, 2.75) is 102 Å². The van der Waals surface area contributed by atoms with Gasteiger partial charge in [-0.3, -0.25) is 0 Å². The van der Waals surface area contributed by atoms with Crippen molar-refractivity contribution in [1.29, 1.82) is 0 Å².